The van der Waals surface area contributed by atoms with Crippen LogP contribution in [-0.2, 0) is 0 Å². The van der Waals surface area contributed by atoms with Crippen LogP contribution in [0.2, 0.25) is 13.1 Å². The number of hydrogen-bond acceptors (Lipinski definition) is 3. The first-order valence-corrected chi connectivity index (χ1v) is 9.03. The van der Waals surface area contributed by atoms with Crippen LogP contribution in [0.25, 0.3) is 0 Å². The van der Waals surface area contributed by atoms with Crippen LogP contribution in [0.3, 0.4) is 0 Å². The molecular weight excluding hydrogens is 234 g/mol. The zero-order valence-corrected chi connectivity index (χ0v) is 12.5. The molecule has 0 amide bonds. The van der Waals surface area contributed by atoms with E-state index in [2.05, 4.69) is 34.2 Å². The number of halogens is 1. The second-order valence-electron chi connectivity index (χ2n) is 4.20. The van der Waals surface area contributed by atoms with Crippen LogP contribution in [0.1, 0.15) is 0 Å². The molecule has 15 heavy (non-hydrogen) atoms. The van der Waals surface area contributed by atoms with E-state index in [0.717, 1.165) is 11.0 Å². The molecule has 0 aromatic rings. The van der Waals surface area contributed by atoms with Gasteiger partial charge in [-0.15, -0.1) is 0 Å². The summed E-state index contributed by atoms with van der Waals surface area (Å²) < 4.78 is 0.844. The van der Waals surface area contributed by atoms with Crippen LogP contribution in [0.15, 0.2) is 0 Å². The first-order chi connectivity index (χ1) is 6.71. The summed E-state index contributed by atoms with van der Waals surface area (Å²) in [6.07, 6.45) is 0. The Morgan fingerprint density at radius 1 is 0.933 bits per heavy atom. The fourth-order valence-electron chi connectivity index (χ4n) is 0.300. The lowest BCUT2D eigenvalue weighted by Gasteiger charge is -2.21. The van der Waals surface area contributed by atoms with Gasteiger partial charge in [0, 0.05) is 0 Å². The van der Waals surface area contributed by atoms with Gasteiger partial charge < -0.3 is 19.8 Å². The Kier molecular flexibility index (Phi) is 19.8. The molecule has 0 aliphatic carbocycles. The minimum absolute atomic E-state index is 0.125. The second-order valence-corrected chi connectivity index (χ2v) is 8.84. The van der Waals surface area contributed by atoms with E-state index in [0.29, 0.717) is 0 Å². The number of hydrogen-bond donors (Lipinski definition) is 3. The first kappa shape index (κ1) is 20.7. The third kappa shape index (κ3) is 76.5. The van der Waals surface area contributed by atoms with Gasteiger partial charge in [-0.2, -0.15) is 11.1 Å². The number of rotatable bonds is 3. The van der Waals surface area contributed by atoms with Gasteiger partial charge in [0.05, 0.1) is 41.0 Å². The van der Waals surface area contributed by atoms with E-state index >= 15 is 0 Å². The maximum absolute atomic E-state index is 8.39. The van der Waals surface area contributed by atoms with E-state index in [1.54, 1.807) is 0 Å². The Morgan fingerprint density at radius 3 is 1.20 bits per heavy atom. The summed E-state index contributed by atoms with van der Waals surface area (Å²) in [7, 11) is 5.49. The zero-order chi connectivity index (χ0) is 12.9. The quantitative estimate of drug-likeness (QED) is 0.376. The van der Waals surface area contributed by atoms with Gasteiger partial charge in [-0.25, -0.2) is 0 Å². The summed E-state index contributed by atoms with van der Waals surface area (Å²) in [5, 5.41) is 23.6. The average molecular weight is 261 g/mol. The summed E-state index contributed by atoms with van der Waals surface area (Å²) in [5.41, 5.74) is 0. The van der Waals surface area contributed by atoms with Crippen molar-refractivity contribution in [2.45, 2.75) is 13.1 Å². The summed E-state index contributed by atoms with van der Waals surface area (Å²) in [6.45, 7) is 5.01. The molecular formula is C9H27ClNO3Si+. The maximum atomic E-state index is 8.39. The van der Waals surface area contributed by atoms with Crippen molar-refractivity contribution in [3.05, 3.63) is 0 Å². The van der Waals surface area contributed by atoms with Gasteiger partial charge in [0.25, 0.3) is 0 Å². The number of aliphatic hydroxyl groups is 3. The lowest BCUT2D eigenvalue weighted by molar-refractivity contribution is -0.870. The van der Waals surface area contributed by atoms with Crippen molar-refractivity contribution in [3.8, 4) is 0 Å². The molecule has 0 fully saturated rings. The average Bonchev–Trinajstić information content (AvgIpc) is 2.01. The predicted molar refractivity (Wildman–Crippen MR) is 68.9 cm³/mol. The van der Waals surface area contributed by atoms with Crippen LogP contribution in [-0.4, -0.2) is 75.4 Å². The lowest BCUT2D eigenvalue weighted by Crippen LogP contribution is -2.36. The molecule has 0 aliphatic heterocycles. The molecule has 3 N–H and O–H groups in total. The summed E-state index contributed by atoms with van der Waals surface area (Å²) in [4.78, 5) is 0. The normalized spacial score (nSPS) is 10.0. The first-order valence-electron chi connectivity index (χ1n) is 4.98. The molecule has 0 aliphatic rings. The molecule has 0 heterocycles. The highest BCUT2D eigenvalue weighted by Gasteiger charge is 2.02. The van der Waals surface area contributed by atoms with Crippen molar-refractivity contribution < 1.29 is 19.8 Å². The van der Waals surface area contributed by atoms with Crippen LogP contribution in [0, 0.1) is 0 Å². The molecule has 96 valence electrons. The van der Waals surface area contributed by atoms with Crippen LogP contribution >= 0.6 is 11.1 Å². The molecule has 0 bridgehead atoms. The second kappa shape index (κ2) is 14.3. The van der Waals surface area contributed by atoms with E-state index in [1.807, 2.05) is 0 Å². The standard InChI is InChI=1S/C5H14NO.C2H7ClSi.C2H6O2/c1-6(2,3)4-5-7;1-4(2)3;3-1-2-4/h7H,4-5H2,1-3H3;4H,1-2H3;3-4H,1-2H2/q+1;;. The van der Waals surface area contributed by atoms with Crippen LogP contribution < -0.4 is 0 Å². The highest BCUT2D eigenvalue weighted by molar-refractivity contribution is 7.05. The molecule has 0 spiro atoms. The highest BCUT2D eigenvalue weighted by Crippen LogP contribution is 1.84. The molecule has 0 saturated heterocycles. The largest absolute Gasteiger partial charge is 0.394 e. The fourth-order valence-corrected chi connectivity index (χ4v) is 0.300. The number of nitrogens with zero attached hydrogens (tertiary/aromatic N) is 1. The van der Waals surface area contributed by atoms with E-state index in [4.69, 9.17) is 26.4 Å². The van der Waals surface area contributed by atoms with Gasteiger partial charge in [-0.1, -0.05) is 13.1 Å². The molecule has 6 heteroatoms. The third-order valence-electron chi connectivity index (χ3n) is 0.871. The zero-order valence-electron chi connectivity index (χ0n) is 10.6. The smallest absolute Gasteiger partial charge is 0.134 e. The Hall–Kier alpha value is 0.347. The third-order valence-corrected chi connectivity index (χ3v) is 0.871. The molecule has 0 aromatic heterocycles. The highest BCUT2D eigenvalue weighted by atomic mass is 35.6. The van der Waals surface area contributed by atoms with Gasteiger partial charge in [0.1, 0.15) is 14.7 Å². The fraction of sp³-hybridized carbons (Fsp3) is 1.00. The van der Waals surface area contributed by atoms with Crippen LogP contribution in [0.5, 0.6) is 0 Å². The van der Waals surface area contributed by atoms with Crippen molar-refractivity contribution in [1.82, 2.24) is 0 Å². The minimum atomic E-state index is -0.667. The Bertz CT molecular complexity index is 105. The summed E-state index contributed by atoms with van der Waals surface area (Å²) in [5.74, 6) is 0. The van der Waals surface area contributed by atoms with Gasteiger partial charge in [0.15, 0.2) is 0 Å². The SMILES string of the molecule is C[N+](C)(C)CCO.C[SiH](C)Cl.OCCO. The number of aliphatic hydroxyl groups excluding tert-OH is 3. The van der Waals surface area contributed by atoms with E-state index in [1.165, 1.54) is 0 Å². The van der Waals surface area contributed by atoms with Crippen molar-refractivity contribution >= 4 is 19.2 Å². The van der Waals surface area contributed by atoms with Gasteiger partial charge in [-0.3, -0.25) is 0 Å². The Morgan fingerprint density at radius 2 is 1.20 bits per heavy atom. The van der Waals surface area contributed by atoms with E-state index < -0.39 is 8.11 Å². The number of quaternary nitrogens is 1. The molecule has 0 radical (unpaired) electrons. The molecule has 0 aromatic carbocycles. The topological polar surface area (TPSA) is 60.7 Å². The van der Waals surface area contributed by atoms with Gasteiger partial charge in [-0.05, 0) is 0 Å². The van der Waals surface area contributed by atoms with Gasteiger partial charge in [0.2, 0.25) is 0 Å². The van der Waals surface area contributed by atoms with Crippen LogP contribution in [0.4, 0.5) is 0 Å². The predicted octanol–water partition coefficient (Wildman–Crippen LogP) is -0.136. The van der Waals surface area contributed by atoms with Crippen molar-refractivity contribution in [2.75, 3.05) is 47.5 Å². The molecule has 0 rings (SSSR count). The summed E-state index contributed by atoms with van der Waals surface area (Å²) in [6, 6.07) is 0. The Labute approximate surface area is 100 Å². The lowest BCUT2D eigenvalue weighted by atomic mass is 10.5. The maximum Gasteiger partial charge on any atom is 0.134 e. The minimum Gasteiger partial charge on any atom is -0.394 e. The van der Waals surface area contributed by atoms with Crippen molar-refractivity contribution in [2.24, 2.45) is 0 Å². The van der Waals surface area contributed by atoms with Crippen molar-refractivity contribution in [3.63, 3.8) is 0 Å². The van der Waals surface area contributed by atoms with Crippen molar-refractivity contribution in [1.29, 1.82) is 0 Å². The number of likely N-dealkylation sites (N-methyl/N-ethyl adjacent to an activating group) is 1. The molecule has 4 nitrogen and oxygen atoms in total. The summed E-state index contributed by atoms with van der Waals surface area (Å²) >= 11 is 5.41. The molecule has 0 atom stereocenters. The van der Waals surface area contributed by atoms with E-state index in [-0.39, 0.29) is 19.8 Å². The van der Waals surface area contributed by atoms with E-state index in [9.17, 15) is 0 Å². The monoisotopic (exact) mass is 260 g/mol. The Balaban J connectivity index is -0.000000155. The molecule has 0 unspecified atom stereocenters. The van der Waals surface area contributed by atoms with Gasteiger partial charge >= 0.3 is 0 Å². The molecule has 0 saturated carbocycles.